The van der Waals surface area contributed by atoms with Crippen LogP contribution in [-0.4, -0.2) is 5.97 Å². The van der Waals surface area contributed by atoms with Gasteiger partial charge in [-0.05, 0) is 12.8 Å². The van der Waals surface area contributed by atoms with Crippen LogP contribution < -0.4 is 0 Å². The summed E-state index contributed by atoms with van der Waals surface area (Å²) in [4.78, 5) is 11.0. The largest absolute Gasteiger partial charge is 0.462 e. The minimum absolute atomic E-state index is 0.119. The van der Waals surface area contributed by atoms with Crippen LogP contribution in [0.15, 0.2) is 0 Å². The normalized spacial score (nSPS) is 20.8. The van der Waals surface area contributed by atoms with Crippen molar-refractivity contribution in [2.45, 2.75) is 38.5 Å². The van der Waals surface area contributed by atoms with Gasteiger partial charge >= 0.3 is 5.97 Å². The molecule has 1 radical (unpaired) electrons. The summed E-state index contributed by atoms with van der Waals surface area (Å²) >= 11 is 0. The first-order valence-corrected chi connectivity index (χ1v) is 4.30. The maximum atomic E-state index is 11.0. The van der Waals surface area contributed by atoms with Crippen molar-refractivity contribution in [3.8, 4) is 0 Å². The SMILES string of the molecule is [CH2]OC(=O)C1CCCCCC1. The van der Waals surface area contributed by atoms with E-state index in [0.29, 0.717) is 0 Å². The van der Waals surface area contributed by atoms with Crippen molar-refractivity contribution >= 4 is 5.97 Å². The van der Waals surface area contributed by atoms with Crippen LogP contribution >= 0.6 is 0 Å². The predicted molar refractivity (Wildman–Crippen MR) is 42.6 cm³/mol. The first kappa shape index (κ1) is 8.57. The summed E-state index contributed by atoms with van der Waals surface area (Å²) in [6.07, 6.45) is 6.85. The minimum Gasteiger partial charge on any atom is -0.462 e. The highest BCUT2D eigenvalue weighted by Gasteiger charge is 2.19. The molecule has 0 aliphatic heterocycles. The molecule has 2 heteroatoms. The lowest BCUT2D eigenvalue weighted by molar-refractivity contribution is -0.143. The van der Waals surface area contributed by atoms with Crippen molar-refractivity contribution < 1.29 is 9.53 Å². The number of ether oxygens (including phenoxy) is 1. The Morgan fingerprint density at radius 3 is 2.18 bits per heavy atom. The van der Waals surface area contributed by atoms with Gasteiger partial charge in [-0.25, -0.2) is 0 Å². The van der Waals surface area contributed by atoms with Crippen molar-refractivity contribution in [3.63, 3.8) is 0 Å². The van der Waals surface area contributed by atoms with E-state index in [9.17, 15) is 4.79 Å². The van der Waals surface area contributed by atoms with E-state index in [1.165, 1.54) is 25.7 Å². The quantitative estimate of drug-likeness (QED) is 0.429. The molecular formula is C9H15O2. The third-order valence-electron chi connectivity index (χ3n) is 2.33. The van der Waals surface area contributed by atoms with Crippen molar-refractivity contribution in [1.29, 1.82) is 0 Å². The summed E-state index contributed by atoms with van der Waals surface area (Å²) in [5.41, 5.74) is 0. The Morgan fingerprint density at radius 1 is 1.18 bits per heavy atom. The highest BCUT2D eigenvalue weighted by atomic mass is 16.5. The van der Waals surface area contributed by atoms with E-state index in [0.717, 1.165) is 12.8 Å². The van der Waals surface area contributed by atoms with Crippen LogP contribution in [0.25, 0.3) is 0 Å². The standard InChI is InChI=1S/C9H15O2/c1-11-9(10)8-6-4-2-3-5-7-8/h8H,1-7H2. The average Bonchev–Trinajstić information content (AvgIpc) is 2.30. The molecule has 1 saturated carbocycles. The van der Waals surface area contributed by atoms with Gasteiger partial charge in [0.05, 0.1) is 5.92 Å². The van der Waals surface area contributed by atoms with Crippen molar-refractivity contribution in [2.75, 3.05) is 0 Å². The summed E-state index contributed by atoms with van der Waals surface area (Å²) in [6.45, 7) is 0. The first-order chi connectivity index (χ1) is 5.34. The number of carbonyl (C=O) groups is 1. The summed E-state index contributed by atoms with van der Waals surface area (Å²) in [5.74, 6) is 0.0156. The zero-order chi connectivity index (χ0) is 8.10. The molecule has 11 heavy (non-hydrogen) atoms. The third-order valence-corrected chi connectivity index (χ3v) is 2.33. The van der Waals surface area contributed by atoms with E-state index in [4.69, 9.17) is 0 Å². The zero-order valence-corrected chi connectivity index (χ0v) is 6.84. The van der Waals surface area contributed by atoms with E-state index >= 15 is 0 Å². The van der Waals surface area contributed by atoms with Crippen molar-refractivity contribution in [1.82, 2.24) is 0 Å². The van der Waals surface area contributed by atoms with Crippen LogP contribution in [0.1, 0.15) is 38.5 Å². The average molecular weight is 155 g/mol. The Hall–Kier alpha value is -0.530. The molecule has 0 spiro atoms. The molecule has 0 aromatic carbocycles. The monoisotopic (exact) mass is 155 g/mol. The number of rotatable bonds is 1. The minimum atomic E-state index is -0.119. The summed E-state index contributed by atoms with van der Waals surface area (Å²) in [5, 5.41) is 0. The van der Waals surface area contributed by atoms with Crippen LogP contribution in [0.5, 0.6) is 0 Å². The van der Waals surface area contributed by atoms with Crippen LogP contribution in [0, 0.1) is 13.0 Å². The van der Waals surface area contributed by atoms with E-state index in [1.54, 1.807) is 0 Å². The van der Waals surface area contributed by atoms with Gasteiger partial charge in [-0.2, -0.15) is 0 Å². The third kappa shape index (κ3) is 2.52. The van der Waals surface area contributed by atoms with Crippen LogP contribution in [-0.2, 0) is 9.53 Å². The number of esters is 1. The maximum absolute atomic E-state index is 11.0. The highest BCUT2D eigenvalue weighted by molar-refractivity contribution is 5.72. The second-order valence-corrected chi connectivity index (χ2v) is 3.15. The van der Waals surface area contributed by atoms with Crippen LogP contribution in [0.4, 0.5) is 0 Å². The Kier molecular flexibility index (Phi) is 3.40. The molecule has 1 aliphatic rings. The molecule has 0 bridgehead atoms. The molecule has 0 saturated heterocycles. The lowest BCUT2D eigenvalue weighted by Gasteiger charge is -2.09. The fraction of sp³-hybridized carbons (Fsp3) is 0.778. The fourth-order valence-electron chi connectivity index (χ4n) is 1.63. The second kappa shape index (κ2) is 4.37. The molecule has 1 aliphatic carbocycles. The predicted octanol–water partition coefficient (Wildman–Crippen LogP) is 2.29. The molecule has 0 aromatic rings. The summed E-state index contributed by atoms with van der Waals surface area (Å²) in [7, 11) is 3.14. The van der Waals surface area contributed by atoms with Crippen molar-refractivity contribution in [3.05, 3.63) is 7.11 Å². The number of carbonyl (C=O) groups excluding carboxylic acids is 1. The Balaban J connectivity index is 2.36. The number of hydrogen-bond donors (Lipinski definition) is 0. The Morgan fingerprint density at radius 2 is 1.73 bits per heavy atom. The molecule has 0 aromatic heterocycles. The van der Waals surface area contributed by atoms with Gasteiger partial charge < -0.3 is 4.74 Å². The zero-order valence-electron chi connectivity index (χ0n) is 6.84. The molecule has 0 unspecified atom stereocenters. The van der Waals surface area contributed by atoms with Gasteiger partial charge in [0, 0.05) is 0 Å². The van der Waals surface area contributed by atoms with Gasteiger partial charge in [0.2, 0.25) is 0 Å². The molecule has 1 fully saturated rings. The lowest BCUT2D eigenvalue weighted by Crippen LogP contribution is -2.14. The molecular weight excluding hydrogens is 140 g/mol. The van der Waals surface area contributed by atoms with Gasteiger partial charge in [0.15, 0.2) is 0 Å². The van der Waals surface area contributed by atoms with Gasteiger partial charge in [-0.1, -0.05) is 25.7 Å². The van der Waals surface area contributed by atoms with Gasteiger partial charge in [-0.3, -0.25) is 4.79 Å². The van der Waals surface area contributed by atoms with E-state index < -0.39 is 0 Å². The Bertz CT molecular complexity index is 124. The molecule has 1 rings (SSSR count). The smallest absolute Gasteiger partial charge is 0.309 e. The maximum Gasteiger partial charge on any atom is 0.309 e. The van der Waals surface area contributed by atoms with E-state index in [1.807, 2.05) is 0 Å². The summed E-state index contributed by atoms with van der Waals surface area (Å²) < 4.78 is 4.46. The molecule has 0 amide bonds. The molecule has 0 N–H and O–H groups in total. The molecule has 2 nitrogen and oxygen atoms in total. The highest BCUT2D eigenvalue weighted by Crippen LogP contribution is 2.23. The molecule has 0 heterocycles. The van der Waals surface area contributed by atoms with Gasteiger partial charge in [-0.15, -0.1) is 0 Å². The van der Waals surface area contributed by atoms with Crippen molar-refractivity contribution in [2.24, 2.45) is 5.92 Å². The van der Waals surface area contributed by atoms with Gasteiger partial charge in [0.25, 0.3) is 0 Å². The second-order valence-electron chi connectivity index (χ2n) is 3.15. The van der Waals surface area contributed by atoms with Crippen LogP contribution in [0.3, 0.4) is 0 Å². The molecule has 63 valence electrons. The van der Waals surface area contributed by atoms with E-state index in [2.05, 4.69) is 11.8 Å². The molecule has 0 atom stereocenters. The lowest BCUT2D eigenvalue weighted by atomic mass is 10.0. The summed E-state index contributed by atoms with van der Waals surface area (Å²) in [6, 6.07) is 0. The van der Waals surface area contributed by atoms with Gasteiger partial charge in [0.1, 0.15) is 7.11 Å². The van der Waals surface area contributed by atoms with Crippen LogP contribution in [0.2, 0.25) is 0 Å². The topological polar surface area (TPSA) is 26.3 Å². The first-order valence-electron chi connectivity index (χ1n) is 4.30. The van der Waals surface area contributed by atoms with E-state index in [-0.39, 0.29) is 11.9 Å². The fourth-order valence-corrected chi connectivity index (χ4v) is 1.63. The number of hydrogen-bond acceptors (Lipinski definition) is 2. The Labute approximate surface area is 67.9 Å².